The minimum atomic E-state index is -0.250. The third kappa shape index (κ3) is 4.55. The van der Waals surface area contributed by atoms with Crippen LogP contribution in [0.2, 0.25) is 5.02 Å². The van der Waals surface area contributed by atoms with E-state index in [-0.39, 0.29) is 30.0 Å². The van der Waals surface area contributed by atoms with Crippen LogP contribution in [0.5, 0.6) is 0 Å². The number of nitrogens with zero attached hydrogens (tertiary/aromatic N) is 1. The van der Waals surface area contributed by atoms with Gasteiger partial charge in [0.15, 0.2) is 0 Å². The zero-order chi connectivity index (χ0) is 21.0. The third-order valence-corrected chi connectivity index (χ3v) is 6.36. The van der Waals surface area contributed by atoms with Crippen molar-refractivity contribution < 1.29 is 24.2 Å². The zero-order valence-corrected chi connectivity index (χ0v) is 17.0. The number of hydrogen-bond donors (Lipinski definition) is 3. The molecule has 3 fully saturated rings. The first-order chi connectivity index (χ1) is 13.9. The summed E-state index contributed by atoms with van der Waals surface area (Å²) in [6, 6.07) is 6.91. The van der Waals surface area contributed by atoms with Crippen LogP contribution >= 0.6 is 11.6 Å². The van der Waals surface area contributed by atoms with Crippen molar-refractivity contribution in [3.8, 4) is 0 Å². The zero-order valence-electron chi connectivity index (χ0n) is 16.3. The fourth-order valence-corrected chi connectivity index (χ4v) is 5.00. The van der Waals surface area contributed by atoms with Gasteiger partial charge in [-0.3, -0.25) is 19.3 Å². The molecule has 1 aromatic carbocycles. The number of carbonyl (C=O) groups is 3. The molecule has 1 aromatic rings. The first-order valence-electron chi connectivity index (χ1n) is 9.65. The molecular weight excluding hydrogens is 398 g/mol. The molecule has 9 heteroatoms. The molecule has 2 bridgehead atoms. The number of fused-ring (bicyclic) bond motifs is 1. The van der Waals surface area contributed by atoms with Crippen molar-refractivity contribution in [1.82, 2.24) is 15.5 Å². The standard InChI is InChI=1S/C19H24ClN3O3.CH2O2/c1-21-17(24)10-23-9-15-14(16-6-7-19(15,11-23)26-16)8-22-18(25)12-2-4-13(20)5-3-12;2-1-3/h2-5,14-16H,6-11H2,1H3,(H,21,24)(H,22,25);1H,(H,2,3)/t14-,15+,16+,19+;/m0./s1. The van der Waals surface area contributed by atoms with Crippen molar-refractivity contribution >= 4 is 29.9 Å². The second kappa shape index (κ2) is 9.11. The second-order valence-electron chi connectivity index (χ2n) is 7.70. The SMILES string of the molecule is CNC(=O)CN1C[C@@H]2[C@H](CNC(=O)c3ccc(Cl)cc3)[C@H]3CC[C@]2(C1)O3.O=CO. The Balaban J connectivity index is 0.000000755. The van der Waals surface area contributed by atoms with Crippen LogP contribution in [0.3, 0.4) is 0 Å². The number of rotatable bonds is 5. The van der Waals surface area contributed by atoms with E-state index in [4.69, 9.17) is 26.2 Å². The van der Waals surface area contributed by atoms with Crippen LogP contribution in [0, 0.1) is 11.8 Å². The van der Waals surface area contributed by atoms with Gasteiger partial charge in [-0.15, -0.1) is 0 Å². The van der Waals surface area contributed by atoms with Gasteiger partial charge >= 0.3 is 0 Å². The Hall–Kier alpha value is -2.16. The molecule has 0 unspecified atom stereocenters. The van der Waals surface area contributed by atoms with Crippen molar-refractivity contribution in [2.75, 3.05) is 33.2 Å². The molecule has 4 atom stereocenters. The summed E-state index contributed by atoms with van der Waals surface area (Å²) in [6.45, 7) is 2.42. The quantitative estimate of drug-likeness (QED) is 0.610. The maximum atomic E-state index is 12.4. The average molecular weight is 424 g/mol. The molecule has 0 radical (unpaired) electrons. The van der Waals surface area contributed by atoms with Crippen molar-refractivity contribution in [1.29, 1.82) is 0 Å². The van der Waals surface area contributed by atoms with Gasteiger partial charge in [-0.1, -0.05) is 11.6 Å². The summed E-state index contributed by atoms with van der Waals surface area (Å²) in [6.07, 6.45) is 2.30. The van der Waals surface area contributed by atoms with Crippen molar-refractivity contribution in [3.05, 3.63) is 34.9 Å². The molecule has 2 amide bonds. The molecule has 3 saturated heterocycles. The van der Waals surface area contributed by atoms with Crippen LogP contribution in [0.4, 0.5) is 0 Å². The number of nitrogens with one attached hydrogen (secondary N) is 2. The van der Waals surface area contributed by atoms with Crippen LogP contribution in [0.1, 0.15) is 23.2 Å². The molecule has 4 rings (SSSR count). The minimum absolute atomic E-state index is 0.0310. The molecular formula is C20H26ClN3O5. The molecule has 158 valence electrons. The van der Waals surface area contributed by atoms with E-state index >= 15 is 0 Å². The van der Waals surface area contributed by atoms with Crippen LogP contribution in [-0.2, 0) is 14.3 Å². The van der Waals surface area contributed by atoms with Crippen LogP contribution in [0.15, 0.2) is 24.3 Å². The molecule has 8 nitrogen and oxygen atoms in total. The number of carbonyl (C=O) groups excluding carboxylic acids is 2. The molecule has 0 saturated carbocycles. The van der Waals surface area contributed by atoms with E-state index in [9.17, 15) is 9.59 Å². The summed E-state index contributed by atoms with van der Waals surface area (Å²) in [5.74, 6) is 0.619. The molecule has 0 aliphatic carbocycles. The number of amides is 2. The summed E-state index contributed by atoms with van der Waals surface area (Å²) in [7, 11) is 1.66. The van der Waals surface area contributed by atoms with Gasteiger partial charge in [-0.25, -0.2) is 0 Å². The number of likely N-dealkylation sites (N-methyl/N-ethyl adjacent to an activating group) is 1. The van der Waals surface area contributed by atoms with Gasteiger partial charge < -0.3 is 20.5 Å². The van der Waals surface area contributed by atoms with Gasteiger partial charge in [0.25, 0.3) is 12.4 Å². The van der Waals surface area contributed by atoms with E-state index in [0.29, 0.717) is 35.5 Å². The van der Waals surface area contributed by atoms with Gasteiger partial charge in [-0.2, -0.15) is 0 Å². The largest absolute Gasteiger partial charge is 0.483 e. The van der Waals surface area contributed by atoms with Gasteiger partial charge in [0, 0.05) is 49.1 Å². The van der Waals surface area contributed by atoms with Crippen LogP contribution in [0.25, 0.3) is 0 Å². The summed E-state index contributed by atoms with van der Waals surface area (Å²) in [5.41, 5.74) is 0.481. The van der Waals surface area contributed by atoms with Crippen molar-refractivity contribution in [2.24, 2.45) is 11.8 Å². The lowest BCUT2D eigenvalue weighted by molar-refractivity contribution is -0.123. The number of likely N-dealkylation sites (tertiary alicyclic amines) is 1. The highest BCUT2D eigenvalue weighted by Gasteiger charge is 2.62. The van der Waals surface area contributed by atoms with Crippen LogP contribution in [-0.4, -0.2) is 73.2 Å². The minimum Gasteiger partial charge on any atom is -0.483 e. The highest BCUT2D eigenvalue weighted by atomic mass is 35.5. The molecule has 29 heavy (non-hydrogen) atoms. The molecule has 3 N–H and O–H groups in total. The maximum absolute atomic E-state index is 12.4. The number of benzene rings is 1. The third-order valence-electron chi connectivity index (χ3n) is 6.11. The highest BCUT2D eigenvalue weighted by Crippen LogP contribution is 2.54. The summed E-state index contributed by atoms with van der Waals surface area (Å²) in [4.78, 5) is 34.6. The first kappa shape index (κ1) is 21.5. The van der Waals surface area contributed by atoms with Crippen LogP contribution < -0.4 is 10.6 Å². The summed E-state index contributed by atoms with van der Waals surface area (Å²) < 4.78 is 6.35. The van der Waals surface area contributed by atoms with Gasteiger partial charge in [-0.05, 0) is 37.1 Å². The fraction of sp³-hybridized carbons (Fsp3) is 0.550. The van der Waals surface area contributed by atoms with Crippen molar-refractivity contribution in [2.45, 2.75) is 24.5 Å². The first-order valence-corrected chi connectivity index (χ1v) is 10.0. The number of carboxylic acid groups (broad SMARTS) is 1. The summed E-state index contributed by atoms with van der Waals surface area (Å²) in [5, 5.41) is 13.3. The molecule has 1 spiro atoms. The lowest BCUT2D eigenvalue weighted by Gasteiger charge is -2.29. The van der Waals surface area contributed by atoms with E-state index in [2.05, 4.69) is 15.5 Å². The topological polar surface area (TPSA) is 108 Å². The second-order valence-corrected chi connectivity index (χ2v) is 8.13. The van der Waals surface area contributed by atoms with Crippen molar-refractivity contribution in [3.63, 3.8) is 0 Å². The van der Waals surface area contributed by atoms with E-state index in [1.807, 2.05) is 0 Å². The smallest absolute Gasteiger partial charge is 0.290 e. The van der Waals surface area contributed by atoms with Gasteiger partial charge in [0.05, 0.1) is 18.2 Å². The Morgan fingerprint density at radius 2 is 2.07 bits per heavy atom. The monoisotopic (exact) mass is 423 g/mol. The summed E-state index contributed by atoms with van der Waals surface area (Å²) >= 11 is 5.88. The van der Waals surface area contributed by atoms with E-state index in [1.54, 1.807) is 31.3 Å². The Bertz CT molecular complexity index is 759. The molecule has 0 aromatic heterocycles. The van der Waals surface area contributed by atoms with E-state index < -0.39 is 0 Å². The van der Waals surface area contributed by atoms with E-state index in [1.165, 1.54) is 0 Å². The fourth-order valence-electron chi connectivity index (χ4n) is 4.88. The number of ether oxygens (including phenoxy) is 1. The Morgan fingerprint density at radius 1 is 1.38 bits per heavy atom. The predicted octanol–water partition coefficient (Wildman–Crippen LogP) is 0.996. The van der Waals surface area contributed by atoms with Gasteiger partial charge in [0.2, 0.25) is 5.91 Å². The maximum Gasteiger partial charge on any atom is 0.290 e. The highest BCUT2D eigenvalue weighted by molar-refractivity contribution is 6.30. The number of hydrogen-bond acceptors (Lipinski definition) is 5. The van der Waals surface area contributed by atoms with E-state index in [0.717, 1.165) is 25.9 Å². The average Bonchev–Trinajstić information content (AvgIpc) is 3.35. The lowest BCUT2D eigenvalue weighted by Crippen LogP contribution is -2.41. The normalized spacial score (nSPS) is 29.5. The molecule has 3 aliphatic rings. The Labute approximate surface area is 174 Å². The lowest BCUT2D eigenvalue weighted by atomic mass is 9.73. The Kier molecular flexibility index (Phi) is 6.77. The molecule has 3 heterocycles. The number of halogens is 1. The Morgan fingerprint density at radius 3 is 2.72 bits per heavy atom. The molecule has 3 aliphatic heterocycles. The predicted molar refractivity (Wildman–Crippen MR) is 107 cm³/mol. The van der Waals surface area contributed by atoms with Gasteiger partial charge in [0.1, 0.15) is 0 Å².